The Hall–Kier alpha value is -4.27. The lowest BCUT2D eigenvalue weighted by atomic mass is 9.99. The van der Waals surface area contributed by atoms with E-state index in [1.807, 2.05) is 45.0 Å². The van der Waals surface area contributed by atoms with Crippen LogP contribution in [0.3, 0.4) is 0 Å². The normalized spacial score (nSPS) is 12.2. The van der Waals surface area contributed by atoms with Crippen LogP contribution in [0.4, 0.5) is 5.69 Å². The van der Waals surface area contributed by atoms with Crippen molar-refractivity contribution in [1.29, 1.82) is 0 Å². The maximum Gasteiger partial charge on any atom is 0.249 e. The summed E-state index contributed by atoms with van der Waals surface area (Å²) in [5.74, 6) is 0.0134. The highest BCUT2D eigenvalue weighted by Crippen LogP contribution is 2.30. The fraction of sp³-hybridized carbons (Fsp3) is 0.296. The minimum atomic E-state index is -0.958. The number of fused-ring (bicyclic) bond motifs is 1. The molecule has 2 aromatic heterocycles. The summed E-state index contributed by atoms with van der Waals surface area (Å²) in [7, 11) is 1.58. The largest absolute Gasteiger partial charge is 0.497 e. The van der Waals surface area contributed by atoms with Gasteiger partial charge in [-0.25, -0.2) is 4.68 Å². The number of anilines is 1. The number of pyridine rings is 1. The maximum atomic E-state index is 14.0. The summed E-state index contributed by atoms with van der Waals surface area (Å²) in [4.78, 5) is 33.5. The molecule has 2 aromatic carbocycles. The molecule has 36 heavy (non-hydrogen) atoms. The summed E-state index contributed by atoms with van der Waals surface area (Å²) in [5.41, 5.74) is 2.09. The molecule has 0 saturated heterocycles. The third-order valence-corrected chi connectivity index (χ3v) is 6.18. The lowest BCUT2D eigenvalue weighted by molar-refractivity contribution is -0.128. The van der Waals surface area contributed by atoms with Crippen molar-refractivity contribution >= 4 is 28.5 Å². The number of benzene rings is 2. The molecule has 4 aromatic rings. The monoisotopic (exact) mass is 486 g/mol. The lowest BCUT2D eigenvalue weighted by Crippen LogP contribution is -2.51. The number of aromatic nitrogens is 4. The molecule has 0 aliphatic rings. The van der Waals surface area contributed by atoms with Crippen molar-refractivity contribution in [3.8, 4) is 5.75 Å². The number of para-hydroxylation sites is 1. The Morgan fingerprint density at radius 2 is 1.83 bits per heavy atom. The first-order valence-corrected chi connectivity index (χ1v) is 11.8. The van der Waals surface area contributed by atoms with Gasteiger partial charge in [-0.15, -0.1) is 5.10 Å². The molecule has 0 radical (unpaired) electrons. The van der Waals surface area contributed by atoms with Crippen molar-refractivity contribution in [2.45, 2.75) is 45.3 Å². The second kappa shape index (κ2) is 10.6. The number of rotatable bonds is 9. The van der Waals surface area contributed by atoms with E-state index in [1.165, 1.54) is 4.90 Å². The number of hydrogen-bond donors (Lipinski definition) is 1. The van der Waals surface area contributed by atoms with Crippen molar-refractivity contribution in [3.63, 3.8) is 0 Å². The highest BCUT2D eigenvalue weighted by molar-refractivity contribution is 6.01. The third-order valence-electron chi connectivity index (χ3n) is 6.18. The van der Waals surface area contributed by atoms with Gasteiger partial charge in [0.05, 0.1) is 12.6 Å². The van der Waals surface area contributed by atoms with E-state index in [1.54, 1.807) is 60.6 Å². The number of nitrogens with one attached hydrogen (secondary N) is 1. The molecule has 0 fully saturated rings. The molecule has 0 aliphatic carbocycles. The van der Waals surface area contributed by atoms with Crippen LogP contribution in [-0.4, -0.2) is 44.4 Å². The van der Waals surface area contributed by atoms with Crippen LogP contribution in [0.1, 0.15) is 38.8 Å². The zero-order chi connectivity index (χ0) is 25.7. The Balaban J connectivity index is 1.80. The van der Waals surface area contributed by atoms with Crippen molar-refractivity contribution in [3.05, 3.63) is 78.6 Å². The second-order valence-corrected chi connectivity index (χ2v) is 9.11. The van der Waals surface area contributed by atoms with Gasteiger partial charge in [-0.3, -0.25) is 19.5 Å². The van der Waals surface area contributed by atoms with E-state index in [9.17, 15) is 9.59 Å². The predicted molar refractivity (Wildman–Crippen MR) is 137 cm³/mol. The Labute approximate surface area is 210 Å². The summed E-state index contributed by atoms with van der Waals surface area (Å²) in [6.45, 7) is 5.80. The van der Waals surface area contributed by atoms with Crippen molar-refractivity contribution < 1.29 is 14.3 Å². The number of amides is 2. The van der Waals surface area contributed by atoms with Gasteiger partial charge in [0.2, 0.25) is 11.8 Å². The van der Waals surface area contributed by atoms with E-state index in [4.69, 9.17) is 4.74 Å². The molecule has 1 atom stereocenters. The highest BCUT2D eigenvalue weighted by Gasteiger charge is 2.35. The second-order valence-electron chi connectivity index (χ2n) is 9.11. The molecule has 4 rings (SSSR count). The number of ether oxygens (including phenoxy) is 1. The minimum absolute atomic E-state index is 0.103. The van der Waals surface area contributed by atoms with Gasteiger partial charge in [0, 0.05) is 29.2 Å². The maximum absolute atomic E-state index is 14.0. The van der Waals surface area contributed by atoms with E-state index in [0.29, 0.717) is 22.5 Å². The van der Waals surface area contributed by atoms with Crippen LogP contribution in [-0.2, 0) is 16.1 Å². The molecule has 9 nitrogen and oxygen atoms in total. The summed E-state index contributed by atoms with van der Waals surface area (Å²) >= 11 is 0. The van der Waals surface area contributed by atoms with Crippen LogP contribution < -0.4 is 15.0 Å². The van der Waals surface area contributed by atoms with Gasteiger partial charge in [0.25, 0.3) is 0 Å². The van der Waals surface area contributed by atoms with Crippen LogP contribution in [0.25, 0.3) is 11.0 Å². The van der Waals surface area contributed by atoms with Crippen LogP contribution in [0, 0.1) is 0 Å². The van der Waals surface area contributed by atoms with E-state index in [2.05, 4.69) is 20.6 Å². The Morgan fingerprint density at radius 3 is 2.50 bits per heavy atom. The van der Waals surface area contributed by atoms with E-state index < -0.39 is 11.6 Å². The summed E-state index contributed by atoms with van der Waals surface area (Å²) < 4.78 is 6.84. The standard InChI is InChI=1S/C27H30N6O3/c1-5-27(2,3)29-26(35)25(19-9-8-16-28-17-19)33(20-12-14-21(36-4)15-13-20)24(34)18-32-23-11-7-6-10-22(23)30-31-32/h6-17,25H,5,18H2,1-4H3,(H,29,35). The van der Waals surface area contributed by atoms with Crippen LogP contribution >= 0.6 is 0 Å². The summed E-state index contributed by atoms with van der Waals surface area (Å²) in [6.07, 6.45) is 3.97. The number of hydrogen-bond acceptors (Lipinski definition) is 6. The smallest absolute Gasteiger partial charge is 0.249 e. The van der Waals surface area contributed by atoms with Gasteiger partial charge < -0.3 is 10.1 Å². The highest BCUT2D eigenvalue weighted by atomic mass is 16.5. The van der Waals surface area contributed by atoms with Gasteiger partial charge in [0.15, 0.2) is 0 Å². The average Bonchev–Trinajstić information content (AvgIpc) is 3.30. The Kier molecular flexibility index (Phi) is 7.28. The van der Waals surface area contributed by atoms with Crippen molar-refractivity contribution in [2.75, 3.05) is 12.0 Å². The summed E-state index contributed by atoms with van der Waals surface area (Å²) in [5, 5.41) is 11.4. The zero-order valence-corrected chi connectivity index (χ0v) is 20.9. The van der Waals surface area contributed by atoms with Gasteiger partial charge in [-0.1, -0.05) is 30.3 Å². The van der Waals surface area contributed by atoms with Crippen LogP contribution in [0.5, 0.6) is 5.75 Å². The van der Waals surface area contributed by atoms with E-state index in [0.717, 1.165) is 11.9 Å². The van der Waals surface area contributed by atoms with Gasteiger partial charge in [-0.2, -0.15) is 0 Å². The van der Waals surface area contributed by atoms with Gasteiger partial charge >= 0.3 is 0 Å². The van der Waals surface area contributed by atoms with Crippen molar-refractivity contribution in [2.24, 2.45) is 0 Å². The predicted octanol–water partition coefficient (Wildman–Crippen LogP) is 3.91. The molecule has 0 bridgehead atoms. The fourth-order valence-corrected chi connectivity index (χ4v) is 3.86. The first-order chi connectivity index (χ1) is 17.3. The minimum Gasteiger partial charge on any atom is -0.497 e. The average molecular weight is 487 g/mol. The molecule has 0 aliphatic heterocycles. The molecule has 2 amide bonds. The fourth-order valence-electron chi connectivity index (χ4n) is 3.86. The quantitative estimate of drug-likeness (QED) is 0.385. The van der Waals surface area contributed by atoms with Crippen LogP contribution in [0.2, 0.25) is 0 Å². The lowest BCUT2D eigenvalue weighted by Gasteiger charge is -2.34. The molecule has 186 valence electrons. The molecule has 1 N–H and O–H groups in total. The molecular weight excluding hydrogens is 456 g/mol. The SMILES string of the molecule is CCC(C)(C)NC(=O)C(c1cccnc1)N(C(=O)Cn1nnc2ccccc21)c1ccc(OC)cc1. The molecule has 0 spiro atoms. The zero-order valence-electron chi connectivity index (χ0n) is 20.9. The number of nitrogens with zero attached hydrogens (tertiary/aromatic N) is 5. The molecule has 0 saturated carbocycles. The van der Waals surface area contributed by atoms with Gasteiger partial charge in [-0.05, 0) is 62.7 Å². The van der Waals surface area contributed by atoms with E-state index in [-0.39, 0.29) is 18.4 Å². The first-order valence-electron chi connectivity index (χ1n) is 11.8. The molecular formula is C27H30N6O3. The number of carbonyl (C=O) groups excluding carboxylic acids is 2. The molecule has 1 unspecified atom stereocenters. The summed E-state index contributed by atoms with van der Waals surface area (Å²) in [6, 6.07) is 17.1. The molecule has 2 heterocycles. The third kappa shape index (κ3) is 5.35. The van der Waals surface area contributed by atoms with Crippen LogP contribution in [0.15, 0.2) is 73.1 Å². The first kappa shape index (κ1) is 24.8. The molecule has 9 heteroatoms. The Bertz CT molecular complexity index is 1330. The van der Waals surface area contributed by atoms with Gasteiger partial charge in [0.1, 0.15) is 23.9 Å². The topological polar surface area (TPSA) is 102 Å². The Morgan fingerprint density at radius 1 is 1.08 bits per heavy atom. The van der Waals surface area contributed by atoms with Crippen molar-refractivity contribution in [1.82, 2.24) is 25.3 Å². The number of methoxy groups -OCH3 is 1. The van der Waals surface area contributed by atoms with E-state index >= 15 is 0 Å². The number of carbonyl (C=O) groups is 2.